The molecule has 5 heteroatoms. The van der Waals surface area contributed by atoms with Crippen LogP contribution >= 0.6 is 15.9 Å². The molecule has 88 valence electrons. The van der Waals surface area contributed by atoms with Gasteiger partial charge in [-0.05, 0) is 17.7 Å². The smallest absolute Gasteiger partial charge is 0.120 e. The highest BCUT2D eigenvalue weighted by atomic mass is 79.9. The number of aromatic nitrogens is 2. The molecule has 0 aliphatic rings. The third kappa shape index (κ3) is 2.62. The third-order valence-electron chi connectivity index (χ3n) is 2.40. The Balaban J connectivity index is 2.34. The molecule has 2 rings (SSSR count). The maximum Gasteiger partial charge on any atom is 0.120 e. The van der Waals surface area contributed by atoms with Crippen LogP contribution < -0.4 is 4.74 Å². The van der Waals surface area contributed by atoms with Gasteiger partial charge >= 0.3 is 0 Å². The summed E-state index contributed by atoms with van der Waals surface area (Å²) in [4.78, 5) is 7.77. The molecule has 0 fully saturated rings. The number of ether oxygens (including phenoxy) is 1. The minimum atomic E-state index is -0.753. The van der Waals surface area contributed by atoms with E-state index in [-0.39, 0.29) is 0 Å². The van der Waals surface area contributed by atoms with Gasteiger partial charge in [0.2, 0.25) is 0 Å². The minimum absolute atomic E-state index is 0.651. The molecule has 0 aliphatic carbocycles. The van der Waals surface area contributed by atoms with Gasteiger partial charge in [0.05, 0.1) is 7.11 Å². The fourth-order valence-electron chi connectivity index (χ4n) is 1.49. The van der Waals surface area contributed by atoms with Crippen molar-refractivity contribution in [2.45, 2.75) is 6.10 Å². The first-order chi connectivity index (χ1) is 8.22. The maximum absolute atomic E-state index is 10.2. The predicted molar refractivity (Wildman–Crippen MR) is 66.8 cm³/mol. The quantitative estimate of drug-likeness (QED) is 0.944. The summed E-state index contributed by atoms with van der Waals surface area (Å²) in [5.41, 5.74) is 1.40. The van der Waals surface area contributed by atoms with Crippen molar-refractivity contribution < 1.29 is 9.84 Å². The maximum atomic E-state index is 10.2. The number of benzene rings is 1. The lowest BCUT2D eigenvalue weighted by Crippen LogP contribution is -2.02. The SMILES string of the molecule is COc1ccc(C(O)c2cncnc2)c(Br)c1. The largest absolute Gasteiger partial charge is 0.497 e. The molecule has 0 aliphatic heterocycles. The van der Waals surface area contributed by atoms with Crippen LogP contribution in [0.3, 0.4) is 0 Å². The van der Waals surface area contributed by atoms with Gasteiger partial charge in [-0.25, -0.2) is 9.97 Å². The van der Waals surface area contributed by atoms with Gasteiger partial charge in [0.15, 0.2) is 0 Å². The molecule has 17 heavy (non-hydrogen) atoms. The highest BCUT2D eigenvalue weighted by Gasteiger charge is 2.14. The molecule has 0 radical (unpaired) electrons. The van der Waals surface area contributed by atoms with E-state index in [1.54, 1.807) is 31.6 Å². The van der Waals surface area contributed by atoms with Crippen molar-refractivity contribution in [2.24, 2.45) is 0 Å². The summed E-state index contributed by atoms with van der Waals surface area (Å²) in [6.07, 6.45) is 3.86. The lowest BCUT2D eigenvalue weighted by Gasteiger charge is -2.13. The second kappa shape index (κ2) is 5.25. The van der Waals surface area contributed by atoms with Gasteiger partial charge in [0, 0.05) is 22.4 Å². The van der Waals surface area contributed by atoms with Crippen LogP contribution in [0.5, 0.6) is 5.75 Å². The summed E-state index contributed by atoms with van der Waals surface area (Å²) in [5.74, 6) is 0.733. The molecule has 0 saturated carbocycles. The van der Waals surface area contributed by atoms with Gasteiger partial charge < -0.3 is 9.84 Å². The van der Waals surface area contributed by atoms with Crippen LogP contribution in [0.1, 0.15) is 17.2 Å². The van der Waals surface area contributed by atoms with Crippen LogP contribution in [-0.2, 0) is 0 Å². The fraction of sp³-hybridized carbons (Fsp3) is 0.167. The van der Waals surface area contributed by atoms with Crippen molar-refractivity contribution in [3.8, 4) is 5.75 Å². The first-order valence-electron chi connectivity index (χ1n) is 4.99. The summed E-state index contributed by atoms with van der Waals surface area (Å²) >= 11 is 3.41. The average Bonchev–Trinajstić information content (AvgIpc) is 2.39. The number of hydrogen-bond donors (Lipinski definition) is 1. The lowest BCUT2D eigenvalue weighted by atomic mass is 10.0. The Morgan fingerprint density at radius 3 is 2.59 bits per heavy atom. The molecule has 1 aromatic carbocycles. The summed E-state index contributed by atoms with van der Waals surface area (Å²) in [5, 5.41) is 10.2. The number of aliphatic hydroxyl groups excluding tert-OH is 1. The van der Waals surface area contributed by atoms with E-state index in [1.807, 2.05) is 6.07 Å². The Kier molecular flexibility index (Phi) is 3.71. The van der Waals surface area contributed by atoms with Gasteiger partial charge in [-0.15, -0.1) is 0 Å². The van der Waals surface area contributed by atoms with Crippen LogP contribution in [-0.4, -0.2) is 22.2 Å². The van der Waals surface area contributed by atoms with E-state index in [4.69, 9.17) is 4.74 Å². The Bertz CT molecular complexity index is 505. The number of hydrogen-bond acceptors (Lipinski definition) is 4. The van der Waals surface area contributed by atoms with E-state index in [0.29, 0.717) is 5.56 Å². The number of halogens is 1. The van der Waals surface area contributed by atoms with Crippen LogP contribution in [0.2, 0.25) is 0 Å². The van der Waals surface area contributed by atoms with Crippen LogP contribution in [0, 0.1) is 0 Å². The summed E-state index contributed by atoms with van der Waals surface area (Å²) < 4.78 is 5.88. The second-order valence-electron chi connectivity index (χ2n) is 3.46. The Labute approximate surface area is 107 Å². The second-order valence-corrected chi connectivity index (χ2v) is 4.32. The standard InChI is InChI=1S/C12H11BrN2O2/c1-17-9-2-3-10(11(13)4-9)12(16)8-5-14-7-15-6-8/h2-7,12,16H,1H3. The Morgan fingerprint density at radius 1 is 1.29 bits per heavy atom. The summed E-state index contributed by atoms with van der Waals surface area (Å²) in [7, 11) is 1.60. The van der Waals surface area contributed by atoms with E-state index < -0.39 is 6.10 Å². The van der Waals surface area contributed by atoms with Crippen LogP contribution in [0.25, 0.3) is 0 Å². The van der Waals surface area contributed by atoms with Crippen LogP contribution in [0.4, 0.5) is 0 Å². The van der Waals surface area contributed by atoms with E-state index >= 15 is 0 Å². The van der Waals surface area contributed by atoms with E-state index in [9.17, 15) is 5.11 Å². The molecular formula is C12H11BrN2O2. The van der Waals surface area contributed by atoms with Crippen molar-refractivity contribution >= 4 is 15.9 Å². The van der Waals surface area contributed by atoms with Gasteiger partial charge in [0.25, 0.3) is 0 Å². The van der Waals surface area contributed by atoms with Crippen LogP contribution in [0.15, 0.2) is 41.4 Å². The molecule has 2 aromatic rings. The predicted octanol–water partition coefficient (Wildman–Crippen LogP) is 2.33. The molecule has 1 heterocycles. The number of rotatable bonds is 3. The average molecular weight is 295 g/mol. The van der Waals surface area contributed by atoms with Gasteiger partial charge in [-0.2, -0.15) is 0 Å². The third-order valence-corrected chi connectivity index (χ3v) is 3.09. The van der Waals surface area contributed by atoms with Crippen molar-refractivity contribution in [1.82, 2.24) is 9.97 Å². The first kappa shape index (κ1) is 12.0. The molecular weight excluding hydrogens is 284 g/mol. The number of aliphatic hydroxyl groups is 1. The molecule has 1 aromatic heterocycles. The molecule has 0 spiro atoms. The highest BCUT2D eigenvalue weighted by molar-refractivity contribution is 9.10. The first-order valence-corrected chi connectivity index (χ1v) is 5.78. The molecule has 1 atom stereocenters. The van der Waals surface area contributed by atoms with Crippen molar-refractivity contribution in [2.75, 3.05) is 7.11 Å². The zero-order valence-electron chi connectivity index (χ0n) is 9.17. The van der Waals surface area contributed by atoms with E-state index in [2.05, 4.69) is 25.9 Å². The number of nitrogens with zero attached hydrogens (tertiary/aromatic N) is 2. The topological polar surface area (TPSA) is 55.2 Å². The Morgan fingerprint density at radius 2 is 2.00 bits per heavy atom. The van der Waals surface area contributed by atoms with Crippen molar-refractivity contribution in [1.29, 1.82) is 0 Å². The lowest BCUT2D eigenvalue weighted by molar-refractivity contribution is 0.218. The summed E-state index contributed by atoms with van der Waals surface area (Å²) in [6.45, 7) is 0. The fourth-order valence-corrected chi connectivity index (χ4v) is 2.06. The van der Waals surface area contributed by atoms with E-state index in [1.165, 1.54) is 6.33 Å². The molecule has 1 unspecified atom stereocenters. The minimum Gasteiger partial charge on any atom is -0.497 e. The normalized spacial score (nSPS) is 12.2. The zero-order valence-corrected chi connectivity index (χ0v) is 10.8. The Hall–Kier alpha value is -1.46. The highest BCUT2D eigenvalue weighted by Crippen LogP contribution is 2.30. The van der Waals surface area contributed by atoms with Crippen molar-refractivity contribution in [3.05, 3.63) is 52.5 Å². The van der Waals surface area contributed by atoms with Crippen molar-refractivity contribution in [3.63, 3.8) is 0 Å². The zero-order chi connectivity index (χ0) is 12.3. The van der Waals surface area contributed by atoms with Gasteiger partial charge in [0.1, 0.15) is 18.2 Å². The number of methoxy groups -OCH3 is 1. The molecule has 4 nitrogen and oxygen atoms in total. The molecule has 0 amide bonds. The molecule has 0 saturated heterocycles. The summed E-state index contributed by atoms with van der Waals surface area (Å²) in [6, 6.07) is 5.41. The van der Waals surface area contributed by atoms with Gasteiger partial charge in [-0.3, -0.25) is 0 Å². The molecule has 0 bridgehead atoms. The molecule has 1 N–H and O–H groups in total. The monoisotopic (exact) mass is 294 g/mol. The van der Waals surface area contributed by atoms with Gasteiger partial charge in [-0.1, -0.05) is 22.0 Å². The van der Waals surface area contributed by atoms with E-state index in [0.717, 1.165) is 15.8 Å².